The van der Waals surface area contributed by atoms with Gasteiger partial charge in [0.1, 0.15) is 24.4 Å². The maximum atomic E-state index is 9.36. The van der Waals surface area contributed by atoms with Crippen LogP contribution in [-0.2, 0) is 9.47 Å². The molecule has 0 aromatic heterocycles. The van der Waals surface area contributed by atoms with Crippen LogP contribution >= 0.6 is 0 Å². The molecule has 2 unspecified atom stereocenters. The average molecular weight is 206 g/mol. The Morgan fingerprint density at radius 3 is 2.36 bits per heavy atom. The van der Waals surface area contributed by atoms with E-state index in [0.717, 1.165) is 6.26 Å². The quantitative estimate of drug-likeness (QED) is 0.396. The van der Waals surface area contributed by atoms with E-state index in [4.69, 9.17) is 14.6 Å². The molecule has 1 fully saturated rings. The SMILES string of the molecule is C=CO[C@@H]1OC(CO)[C@H](O)[C@H](O)C1O. The summed E-state index contributed by atoms with van der Waals surface area (Å²) in [7, 11) is 0. The summed E-state index contributed by atoms with van der Waals surface area (Å²) in [6.07, 6.45) is -5.16. The lowest BCUT2D eigenvalue weighted by Crippen LogP contribution is -2.58. The summed E-state index contributed by atoms with van der Waals surface area (Å²) in [4.78, 5) is 0. The third-order valence-electron chi connectivity index (χ3n) is 2.08. The monoisotopic (exact) mass is 206 g/mol. The van der Waals surface area contributed by atoms with E-state index in [0.29, 0.717) is 0 Å². The van der Waals surface area contributed by atoms with Crippen molar-refractivity contribution < 1.29 is 29.9 Å². The molecule has 0 amide bonds. The summed E-state index contributed by atoms with van der Waals surface area (Å²) < 4.78 is 9.72. The summed E-state index contributed by atoms with van der Waals surface area (Å²) in [5, 5.41) is 36.8. The molecule has 0 aliphatic carbocycles. The van der Waals surface area contributed by atoms with Gasteiger partial charge in [-0.2, -0.15) is 0 Å². The van der Waals surface area contributed by atoms with Crippen LogP contribution in [0.4, 0.5) is 0 Å². The van der Waals surface area contributed by atoms with E-state index in [2.05, 4.69) is 6.58 Å². The molecule has 5 atom stereocenters. The first-order valence-electron chi connectivity index (χ1n) is 4.18. The van der Waals surface area contributed by atoms with Gasteiger partial charge in [0.25, 0.3) is 0 Å². The van der Waals surface area contributed by atoms with E-state index in [9.17, 15) is 15.3 Å². The molecule has 6 heteroatoms. The number of rotatable bonds is 3. The van der Waals surface area contributed by atoms with Gasteiger partial charge in [-0.25, -0.2) is 0 Å². The highest BCUT2D eigenvalue weighted by Crippen LogP contribution is 2.21. The zero-order valence-electron chi connectivity index (χ0n) is 7.48. The molecule has 0 bridgehead atoms. The standard InChI is InChI=1S/C8H14O6/c1-2-13-8-7(12)6(11)5(10)4(3-9)14-8/h2,4-12H,1,3H2/t4?,5-,6-,7?,8+/m0/s1. The molecule has 6 nitrogen and oxygen atoms in total. The Bertz CT molecular complexity index is 194. The second kappa shape index (κ2) is 4.72. The largest absolute Gasteiger partial charge is 0.470 e. The zero-order chi connectivity index (χ0) is 10.7. The van der Waals surface area contributed by atoms with Gasteiger partial charge in [-0.05, 0) is 0 Å². The number of hydrogen-bond donors (Lipinski definition) is 4. The average Bonchev–Trinajstić information content (AvgIpc) is 2.19. The van der Waals surface area contributed by atoms with Crippen LogP contribution in [0.5, 0.6) is 0 Å². The molecule has 14 heavy (non-hydrogen) atoms. The number of aliphatic hydroxyl groups is 4. The third-order valence-corrected chi connectivity index (χ3v) is 2.08. The van der Waals surface area contributed by atoms with Crippen molar-refractivity contribution in [3.05, 3.63) is 12.8 Å². The van der Waals surface area contributed by atoms with Crippen LogP contribution in [0.2, 0.25) is 0 Å². The first-order valence-corrected chi connectivity index (χ1v) is 4.18. The first-order chi connectivity index (χ1) is 6.61. The maximum Gasteiger partial charge on any atom is 0.228 e. The summed E-state index contributed by atoms with van der Waals surface area (Å²) >= 11 is 0. The number of hydrogen-bond acceptors (Lipinski definition) is 6. The van der Waals surface area contributed by atoms with Crippen molar-refractivity contribution in [1.82, 2.24) is 0 Å². The lowest BCUT2D eigenvalue weighted by molar-refractivity contribution is -0.287. The molecule has 82 valence electrons. The Balaban J connectivity index is 2.67. The summed E-state index contributed by atoms with van der Waals surface area (Å²) in [6.45, 7) is 2.79. The predicted molar refractivity (Wildman–Crippen MR) is 45.0 cm³/mol. The second-order valence-corrected chi connectivity index (χ2v) is 3.00. The lowest BCUT2D eigenvalue weighted by Gasteiger charge is -2.38. The Labute approximate surface area is 81.0 Å². The predicted octanol–water partition coefficient (Wildman–Crippen LogP) is -2.05. The van der Waals surface area contributed by atoms with Crippen LogP contribution in [0.3, 0.4) is 0 Å². The van der Waals surface area contributed by atoms with Crippen molar-refractivity contribution in [2.45, 2.75) is 30.7 Å². The molecule has 0 spiro atoms. The van der Waals surface area contributed by atoms with Gasteiger partial charge in [0.2, 0.25) is 6.29 Å². The molecule has 0 saturated carbocycles. The van der Waals surface area contributed by atoms with Gasteiger partial charge < -0.3 is 29.9 Å². The van der Waals surface area contributed by atoms with E-state index in [-0.39, 0.29) is 0 Å². The highest BCUT2D eigenvalue weighted by Gasteiger charge is 2.44. The fourth-order valence-electron chi connectivity index (χ4n) is 1.27. The van der Waals surface area contributed by atoms with Crippen molar-refractivity contribution in [3.63, 3.8) is 0 Å². The highest BCUT2D eigenvalue weighted by atomic mass is 16.7. The summed E-state index contributed by atoms with van der Waals surface area (Å²) in [5.41, 5.74) is 0. The van der Waals surface area contributed by atoms with E-state index in [1.807, 2.05) is 0 Å². The molecule has 1 saturated heterocycles. The van der Waals surface area contributed by atoms with Gasteiger partial charge in [0, 0.05) is 0 Å². The topological polar surface area (TPSA) is 99.4 Å². The van der Waals surface area contributed by atoms with Gasteiger partial charge >= 0.3 is 0 Å². The highest BCUT2D eigenvalue weighted by molar-refractivity contribution is 4.89. The fourth-order valence-corrected chi connectivity index (χ4v) is 1.27. The van der Waals surface area contributed by atoms with Crippen LogP contribution in [0.15, 0.2) is 12.8 Å². The van der Waals surface area contributed by atoms with Gasteiger partial charge in [0.05, 0.1) is 12.9 Å². The van der Waals surface area contributed by atoms with Crippen molar-refractivity contribution in [1.29, 1.82) is 0 Å². The molecule has 4 N–H and O–H groups in total. The van der Waals surface area contributed by atoms with E-state index in [1.54, 1.807) is 0 Å². The molecule has 1 aliphatic heterocycles. The Morgan fingerprint density at radius 1 is 1.21 bits per heavy atom. The third kappa shape index (κ3) is 2.05. The van der Waals surface area contributed by atoms with Gasteiger partial charge in [-0.1, -0.05) is 6.58 Å². The molecule has 1 rings (SSSR count). The first kappa shape index (κ1) is 11.4. The van der Waals surface area contributed by atoms with Crippen molar-refractivity contribution in [2.24, 2.45) is 0 Å². The van der Waals surface area contributed by atoms with E-state index >= 15 is 0 Å². The van der Waals surface area contributed by atoms with Crippen LogP contribution in [-0.4, -0.2) is 57.7 Å². The second-order valence-electron chi connectivity index (χ2n) is 3.00. The Morgan fingerprint density at radius 2 is 1.86 bits per heavy atom. The number of ether oxygens (including phenoxy) is 2. The zero-order valence-corrected chi connectivity index (χ0v) is 7.48. The fraction of sp³-hybridized carbons (Fsp3) is 0.750. The molecule has 1 aliphatic rings. The Kier molecular flexibility index (Phi) is 3.85. The van der Waals surface area contributed by atoms with E-state index < -0.39 is 37.3 Å². The minimum atomic E-state index is -1.41. The molecular weight excluding hydrogens is 192 g/mol. The molecule has 0 radical (unpaired) electrons. The lowest BCUT2D eigenvalue weighted by atomic mass is 9.99. The minimum Gasteiger partial charge on any atom is -0.470 e. The van der Waals surface area contributed by atoms with Crippen LogP contribution in [0, 0.1) is 0 Å². The number of aliphatic hydroxyl groups excluding tert-OH is 4. The molecule has 0 aromatic carbocycles. The minimum absolute atomic E-state index is 0.470. The Hall–Kier alpha value is -0.660. The normalized spacial score (nSPS) is 43.3. The maximum absolute atomic E-state index is 9.36. The summed E-state index contributed by atoms with van der Waals surface area (Å²) in [5.74, 6) is 0. The molecule has 0 aromatic rings. The van der Waals surface area contributed by atoms with Gasteiger partial charge in [0.15, 0.2) is 0 Å². The van der Waals surface area contributed by atoms with Gasteiger partial charge in [-0.3, -0.25) is 0 Å². The van der Waals surface area contributed by atoms with Crippen molar-refractivity contribution in [3.8, 4) is 0 Å². The molecule has 1 heterocycles. The summed E-state index contributed by atoms with van der Waals surface area (Å²) in [6, 6.07) is 0. The smallest absolute Gasteiger partial charge is 0.228 e. The van der Waals surface area contributed by atoms with Crippen LogP contribution < -0.4 is 0 Å². The van der Waals surface area contributed by atoms with Crippen LogP contribution in [0.1, 0.15) is 0 Å². The van der Waals surface area contributed by atoms with Crippen molar-refractivity contribution in [2.75, 3.05) is 6.61 Å². The van der Waals surface area contributed by atoms with E-state index in [1.165, 1.54) is 0 Å². The van der Waals surface area contributed by atoms with Gasteiger partial charge in [-0.15, -0.1) is 0 Å². The molecular formula is C8H14O6. The van der Waals surface area contributed by atoms with Crippen molar-refractivity contribution >= 4 is 0 Å². The van der Waals surface area contributed by atoms with Crippen LogP contribution in [0.25, 0.3) is 0 Å².